The molecule has 1 aliphatic carbocycles. The van der Waals surface area contributed by atoms with E-state index < -0.39 is 18.0 Å². The highest BCUT2D eigenvalue weighted by molar-refractivity contribution is 5.81. The fraction of sp³-hybridized carbons (Fsp3) is 0.621. The molecule has 2 unspecified atom stereocenters. The van der Waals surface area contributed by atoms with Crippen LogP contribution in [0.15, 0.2) is 30.7 Å². The first-order valence-electron chi connectivity index (χ1n) is 15.3. The van der Waals surface area contributed by atoms with Crippen molar-refractivity contribution in [3.63, 3.8) is 0 Å². The van der Waals surface area contributed by atoms with Crippen LogP contribution in [0, 0.1) is 17.8 Å². The molecule has 4 fully saturated rings. The maximum Gasteiger partial charge on any atom is 0.391 e. The van der Waals surface area contributed by atoms with E-state index in [1.165, 1.54) is 0 Å². The van der Waals surface area contributed by atoms with E-state index in [9.17, 15) is 22.8 Å². The zero-order valence-corrected chi connectivity index (χ0v) is 24.7. The molecular formula is C29H37F3N10O2. The Hall–Kier alpha value is -3.88. The van der Waals surface area contributed by atoms with Crippen molar-refractivity contribution in [3.8, 4) is 0 Å². The highest BCUT2D eigenvalue weighted by atomic mass is 19.4. The second-order valence-corrected chi connectivity index (χ2v) is 12.7. The fourth-order valence-corrected chi connectivity index (χ4v) is 7.02. The smallest absolute Gasteiger partial charge is 0.366 e. The standard InChI is InChI=1S/C29H37F3N10O2/c1-37-7-9-38(10-8-37)25(43)18-40-16-22(14-33-40)34-28-35-26-24(3-2-5-42(26)36-28)39-6-4-19-11-23(17-39)41(15-19)27(44)20-12-21(13-20)29(30,31)32/h2-3,5,14,16,19-21,23H,4,6-13,15,17-18H2,1H3,(H,34,36). The highest BCUT2D eigenvalue weighted by Gasteiger charge is 2.52. The number of nitrogens with zero attached hydrogens (tertiary/aromatic N) is 9. The average molecular weight is 615 g/mol. The van der Waals surface area contributed by atoms with Crippen molar-refractivity contribution in [2.75, 3.05) is 63.1 Å². The summed E-state index contributed by atoms with van der Waals surface area (Å²) in [7, 11) is 2.05. The van der Waals surface area contributed by atoms with Crippen LogP contribution in [-0.2, 0) is 16.1 Å². The summed E-state index contributed by atoms with van der Waals surface area (Å²) in [6, 6.07) is 3.85. The Kier molecular flexibility index (Phi) is 7.37. The first-order chi connectivity index (χ1) is 21.1. The molecule has 1 N–H and O–H groups in total. The molecule has 2 atom stereocenters. The Labute approximate surface area is 252 Å². The monoisotopic (exact) mass is 614 g/mol. The molecule has 0 radical (unpaired) electrons. The van der Waals surface area contributed by atoms with Gasteiger partial charge in [-0.1, -0.05) is 0 Å². The first-order valence-corrected chi connectivity index (χ1v) is 15.3. The zero-order valence-electron chi connectivity index (χ0n) is 24.7. The Morgan fingerprint density at radius 2 is 1.86 bits per heavy atom. The lowest BCUT2D eigenvalue weighted by Gasteiger charge is -2.40. The van der Waals surface area contributed by atoms with Crippen LogP contribution >= 0.6 is 0 Å². The predicted molar refractivity (Wildman–Crippen MR) is 155 cm³/mol. The van der Waals surface area contributed by atoms with Gasteiger partial charge in [-0.05, 0) is 50.8 Å². The molecule has 2 amide bonds. The third-order valence-corrected chi connectivity index (χ3v) is 9.70. The van der Waals surface area contributed by atoms with Gasteiger partial charge in [-0.15, -0.1) is 5.10 Å². The van der Waals surface area contributed by atoms with E-state index in [2.05, 4.69) is 25.3 Å². The first kappa shape index (κ1) is 28.9. The van der Waals surface area contributed by atoms with E-state index in [4.69, 9.17) is 4.98 Å². The second kappa shape index (κ2) is 11.2. The Balaban J connectivity index is 1.01. The number of hydrogen-bond donors (Lipinski definition) is 1. The molecule has 7 rings (SSSR count). The van der Waals surface area contributed by atoms with E-state index in [0.29, 0.717) is 49.4 Å². The summed E-state index contributed by atoms with van der Waals surface area (Å²) in [5, 5.41) is 12.1. The van der Waals surface area contributed by atoms with Crippen LogP contribution < -0.4 is 10.2 Å². The SMILES string of the molecule is CN1CCN(C(=O)Cn2cc(Nc3nc4c(N5CCC6CC(C5)N(C(=O)C5CC(C(F)(F)F)C5)C6)cccn4n3)cn2)CC1. The minimum Gasteiger partial charge on any atom is -0.366 e. The molecule has 0 aromatic carbocycles. The van der Waals surface area contributed by atoms with E-state index in [1.54, 1.807) is 21.6 Å². The summed E-state index contributed by atoms with van der Waals surface area (Å²) in [6.07, 6.45) is 2.56. The lowest BCUT2D eigenvalue weighted by atomic mass is 9.73. The van der Waals surface area contributed by atoms with Crippen LogP contribution in [0.3, 0.4) is 0 Å². The minimum atomic E-state index is -4.22. The maximum atomic E-state index is 13.2. The Morgan fingerprint density at radius 1 is 1.07 bits per heavy atom. The van der Waals surface area contributed by atoms with E-state index in [1.807, 2.05) is 35.2 Å². The predicted octanol–water partition coefficient (Wildman–Crippen LogP) is 2.46. The topological polar surface area (TPSA) is 107 Å². The van der Waals surface area contributed by atoms with E-state index in [0.717, 1.165) is 38.2 Å². The van der Waals surface area contributed by atoms with Crippen molar-refractivity contribution in [2.45, 2.75) is 44.4 Å². The molecule has 3 aliphatic heterocycles. The number of anilines is 3. The number of halogens is 3. The molecular weight excluding hydrogens is 577 g/mol. The van der Waals surface area contributed by atoms with Gasteiger partial charge in [0.25, 0.3) is 0 Å². The number of hydrogen-bond acceptors (Lipinski definition) is 8. The van der Waals surface area contributed by atoms with Crippen LogP contribution in [0.1, 0.15) is 25.7 Å². The molecule has 236 valence electrons. The van der Waals surface area contributed by atoms with Gasteiger partial charge in [0.05, 0.1) is 23.5 Å². The van der Waals surface area contributed by atoms with Crippen molar-refractivity contribution >= 4 is 34.8 Å². The molecule has 6 heterocycles. The number of fused-ring (bicyclic) bond motifs is 3. The van der Waals surface area contributed by atoms with E-state index >= 15 is 0 Å². The summed E-state index contributed by atoms with van der Waals surface area (Å²) < 4.78 is 42.4. The van der Waals surface area contributed by atoms with Gasteiger partial charge in [-0.3, -0.25) is 14.3 Å². The van der Waals surface area contributed by atoms with Crippen molar-refractivity contribution < 1.29 is 22.8 Å². The maximum absolute atomic E-state index is 13.2. The summed E-state index contributed by atoms with van der Waals surface area (Å²) in [5.41, 5.74) is 2.22. The van der Waals surface area contributed by atoms with Gasteiger partial charge in [0.2, 0.25) is 17.8 Å². The molecule has 4 aliphatic rings. The largest absolute Gasteiger partial charge is 0.391 e. The van der Waals surface area contributed by atoms with Gasteiger partial charge in [-0.2, -0.15) is 23.3 Å². The number of nitrogens with one attached hydrogen (secondary N) is 1. The van der Waals surface area contributed by atoms with Gasteiger partial charge in [0, 0.05) is 70.2 Å². The van der Waals surface area contributed by atoms with Gasteiger partial charge >= 0.3 is 6.18 Å². The van der Waals surface area contributed by atoms with Gasteiger partial charge in [-0.25, -0.2) is 4.52 Å². The van der Waals surface area contributed by atoms with E-state index in [-0.39, 0.29) is 37.2 Å². The third kappa shape index (κ3) is 5.69. The molecule has 1 saturated carbocycles. The normalized spacial score (nSPS) is 26.1. The highest BCUT2D eigenvalue weighted by Crippen LogP contribution is 2.46. The van der Waals surface area contributed by atoms with Crippen molar-refractivity contribution in [2.24, 2.45) is 17.8 Å². The van der Waals surface area contributed by atoms with Crippen LogP contribution in [0.25, 0.3) is 5.65 Å². The number of aromatic nitrogens is 5. The Bertz CT molecular complexity index is 1520. The number of rotatable bonds is 6. The molecule has 15 heteroatoms. The number of carbonyl (C=O) groups excluding carboxylic acids is 2. The number of piperazine rings is 1. The van der Waals surface area contributed by atoms with Crippen LogP contribution in [-0.4, -0.2) is 116 Å². The summed E-state index contributed by atoms with van der Waals surface area (Å²) in [4.78, 5) is 38.8. The van der Waals surface area contributed by atoms with Crippen molar-refractivity contribution in [1.29, 1.82) is 0 Å². The number of alkyl halides is 3. The Morgan fingerprint density at radius 3 is 2.64 bits per heavy atom. The van der Waals surface area contributed by atoms with Gasteiger partial charge in [0.1, 0.15) is 6.54 Å². The fourth-order valence-electron chi connectivity index (χ4n) is 7.02. The molecule has 12 nitrogen and oxygen atoms in total. The zero-order chi connectivity index (χ0) is 30.6. The summed E-state index contributed by atoms with van der Waals surface area (Å²) in [6.45, 7) is 5.33. The van der Waals surface area contributed by atoms with Crippen LogP contribution in [0.4, 0.5) is 30.5 Å². The third-order valence-electron chi connectivity index (χ3n) is 9.70. The molecule has 3 aromatic heterocycles. The number of likely N-dealkylation sites (tertiary alicyclic amines) is 1. The molecule has 44 heavy (non-hydrogen) atoms. The van der Waals surface area contributed by atoms with Gasteiger partial charge < -0.3 is 24.9 Å². The number of carbonyl (C=O) groups is 2. The summed E-state index contributed by atoms with van der Waals surface area (Å²) in [5.74, 6) is -1.25. The quantitative estimate of drug-likeness (QED) is 0.452. The second-order valence-electron chi connectivity index (χ2n) is 12.7. The van der Waals surface area contributed by atoms with Crippen molar-refractivity contribution in [3.05, 3.63) is 30.7 Å². The van der Waals surface area contributed by atoms with Gasteiger partial charge in [0.15, 0.2) is 5.65 Å². The molecule has 3 saturated heterocycles. The summed E-state index contributed by atoms with van der Waals surface area (Å²) >= 11 is 0. The average Bonchev–Trinajstić information content (AvgIpc) is 3.63. The lowest BCUT2D eigenvalue weighted by Crippen LogP contribution is -2.50. The molecule has 2 bridgehead atoms. The minimum absolute atomic E-state index is 0.0350. The lowest BCUT2D eigenvalue weighted by molar-refractivity contribution is -0.206. The number of amides is 2. The molecule has 3 aromatic rings. The number of pyridine rings is 1. The van der Waals surface area contributed by atoms with Crippen LogP contribution in [0.5, 0.6) is 0 Å². The molecule has 0 spiro atoms. The van der Waals surface area contributed by atoms with Crippen LogP contribution in [0.2, 0.25) is 0 Å². The number of likely N-dealkylation sites (N-methyl/N-ethyl adjacent to an activating group) is 1. The van der Waals surface area contributed by atoms with Crippen molar-refractivity contribution in [1.82, 2.24) is 39.1 Å².